The Kier molecular flexibility index (Phi) is 5.23. The van der Waals surface area contributed by atoms with Gasteiger partial charge in [0, 0.05) is 12.1 Å². The first-order valence-electron chi connectivity index (χ1n) is 5.77. The third-order valence-electron chi connectivity index (χ3n) is 2.34. The number of furan rings is 1. The lowest BCUT2D eigenvalue weighted by Crippen LogP contribution is -2.46. The minimum Gasteiger partial charge on any atom is -0.480 e. The molecule has 0 aliphatic heterocycles. The van der Waals surface area contributed by atoms with Crippen molar-refractivity contribution in [3.05, 3.63) is 24.2 Å². The van der Waals surface area contributed by atoms with Gasteiger partial charge in [0.15, 0.2) is 0 Å². The Balaban J connectivity index is 2.39. The fraction of sp³-hybridized carbons (Fsp3) is 0.500. The molecule has 0 aliphatic carbocycles. The Morgan fingerprint density at radius 2 is 2.17 bits per heavy atom. The van der Waals surface area contributed by atoms with E-state index in [0.29, 0.717) is 13.0 Å². The molecule has 0 aromatic carbocycles. The second-order valence-electron chi connectivity index (χ2n) is 4.48. The molecule has 0 aliphatic rings. The van der Waals surface area contributed by atoms with Crippen molar-refractivity contribution in [3.63, 3.8) is 0 Å². The van der Waals surface area contributed by atoms with Gasteiger partial charge in [-0.15, -0.1) is 0 Å². The van der Waals surface area contributed by atoms with Crippen molar-refractivity contribution >= 4 is 12.0 Å². The van der Waals surface area contributed by atoms with Crippen LogP contribution in [0.3, 0.4) is 0 Å². The number of aliphatic carboxylic acids is 1. The number of carboxylic acids is 1. The molecule has 1 atom stereocenters. The zero-order valence-corrected chi connectivity index (χ0v) is 10.5. The number of carboxylic acid groups (broad SMARTS) is 1. The largest absolute Gasteiger partial charge is 0.480 e. The van der Waals surface area contributed by atoms with Crippen LogP contribution in [0.4, 0.5) is 4.79 Å². The summed E-state index contributed by atoms with van der Waals surface area (Å²) in [5.41, 5.74) is 0.820. The van der Waals surface area contributed by atoms with E-state index in [1.807, 2.05) is 13.8 Å². The number of hydrogen-bond donors (Lipinski definition) is 3. The maximum Gasteiger partial charge on any atom is 0.326 e. The third kappa shape index (κ3) is 4.90. The molecule has 3 N–H and O–H groups in total. The Morgan fingerprint density at radius 1 is 1.44 bits per heavy atom. The second-order valence-corrected chi connectivity index (χ2v) is 4.48. The van der Waals surface area contributed by atoms with Gasteiger partial charge in [-0.25, -0.2) is 9.59 Å². The minimum atomic E-state index is -1.03. The topological polar surface area (TPSA) is 91.6 Å². The van der Waals surface area contributed by atoms with Crippen LogP contribution >= 0.6 is 0 Å². The van der Waals surface area contributed by atoms with Crippen LogP contribution in [0.2, 0.25) is 0 Å². The fourth-order valence-electron chi connectivity index (χ4n) is 1.48. The SMILES string of the molecule is CC(C)C[C@@H](NC(=O)NCc1ccoc1)C(=O)O. The van der Waals surface area contributed by atoms with Gasteiger partial charge in [0.25, 0.3) is 0 Å². The molecule has 18 heavy (non-hydrogen) atoms. The number of hydrogen-bond acceptors (Lipinski definition) is 3. The number of urea groups is 1. The summed E-state index contributed by atoms with van der Waals surface area (Å²) >= 11 is 0. The Hall–Kier alpha value is -1.98. The van der Waals surface area contributed by atoms with Gasteiger partial charge in [-0.05, 0) is 18.4 Å². The molecule has 0 bridgehead atoms. The molecule has 0 fully saturated rings. The molecule has 1 aromatic rings. The summed E-state index contributed by atoms with van der Waals surface area (Å²) in [4.78, 5) is 22.5. The maximum atomic E-state index is 11.5. The summed E-state index contributed by atoms with van der Waals surface area (Å²) in [6, 6.07) is 0.363. The zero-order valence-electron chi connectivity index (χ0n) is 10.5. The first kappa shape index (κ1) is 14.1. The third-order valence-corrected chi connectivity index (χ3v) is 2.34. The number of amides is 2. The standard InChI is InChI=1S/C12H18N2O4/c1-8(2)5-10(11(15)16)14-12(17)13-6-9-3-4-18-7-9/h3-4,7-8,10H,5-6H2,1-2H3,(H,15,16)(H2,13,14,17)/t10-/m1/s1. The molecule has 100 valence electrons. The van der Waals surface area contributed by atoms with Crippen molar-refractivity contribution in [2.24, 2.45) is 5.92 Å². The highest BCUT2D eigenvalue weighted by molar-refractivity contribution is 5.82. The maximum absolute atomic E-state index is 11.5. The fourth-order valence-corrected chi connectivity index (χ4v) is 1.48. The van der Waals surface area contributed by atoms with Gasteiger partial charge in [-0.3, -0.25) is 0 Å². The molecule has 2 amide bonds. The summed E-state index contributed by atoms with van der Waals surface area (Å²) in [7, 11) is 0. The van der Waals surface area contributed by atoms with Crippen molar-refractivity contribution in [2.45, 2.75) is 32.9 Å². The molecular weight excluding hydrogens is 236 g/mol. The summed E-state index contributed by atoms with van der Waals surface area (Å²) in [6.45, 7) is 4.11. The van der Waals surface area contributed by atoms with E-state index >= 15 is 0 Å². The van der Waals surface area contributed by atoms with Crippen molar-refractivity contribution in [2.75, 3.05) is 0 Å². The average molecular weight is 254 g/mol. The lowest BCUT2D eigenvalue weighted by Gasteiger charge is -2.16. The van der Waals surface area contributed by atoms with Crippen molar-refractivity contribution < 1.29 is 19.1 Å². The van der Waals surface area contributed by atoms with Gasteiger partial charge in [-0.2, -0.15) is 0 Å². The van der Waals surface area contributed by atoms with Crippen molar-refractivity contribution in [3.8, 4) is 0 Å². The summed E-state index contributed by atoms with van der Waals surface area (Å²) < 4.78 is 4.85. The average Bonchev–Trinajstić information content (AvgIpc) is 2.77. The zero-order chi connectivity index (χ0) is 13.5. The van der Waals surface area contributed by atoms with Crippen molar-refractivity contribution in [1.82, 2.24) is 10.6 Å². The lowest BCUT2D eigenvalue weighted by atomic mass is 10.0. The van der Waals surface area contributed by atoms with Crippen LogP contribution in [0.25, 0.3) is 0 Å². The molecule has 1 rings (SSSR count). The summed E-state index contributed by atoms with van der Waals surface area (Å²) in [6.07, 6.45) is 3.42. The van der Waals surface area contributed by atoms with Crippen LogP contribution in [-0.2, 0) is 11.3 Å². The van der Waals surface area contributed by atoms with Gasteiger partial charge in [-0.1, -0.05) is 13.8 Å². The molecule has 6 nitrogen and oxygen atoms in total. The van der Waals surface area contributed by atoms with Crippen LogP contribution in [0, 0.1) is 5.92 Å². The lowest BCUT2D eigenvalue weighted by molar-refractivity contribution is -0.139. The molecule has 1 heterocycles. The molecule has 0 saturated heterocycles. The van der Waals surface area contributed by atoms with Gasteiger partial charge < -0.3 is 20.2 Å². The monoisotopic (exact) mass is 254 g/mol. The van der Waals surface area contributed by atoms with E-state index in [1.165, 1.54) is 12.5 Å². The van der Waals surface area contributed by atoms with E-state index in [-0.39, 0.29) is 5.92 Å². The van der Waals surface area contributed by atoms with Gasteiger partial charge >= 0.3 is 12.0 Å². The summed E-state index contributed by atoms with van der Waals surface area (Å²) in [5.74, 6) is -0.831. The molecule has 0 unspecified atom stereocenters. The number of rotatable bonds is 6. The van der Waals surface area contributed by atoms with Gasteiger partial charge in [0.1, 0.15) is 6.04 Å². The molecular formula is C12H18N2O4. The van der Waals surface area contributed by atoms with Crippen LogP contribution in [-0.4, -0.2) is 23.1 Å². The smallest absolute Gasteiger partial charge is 0.326 e. The van der Waals surface area contributed by atoms with E-state index in [1.54, 1.807) is 6.07 Å². The van der Waals surface area contributed by atoms with Gasteiger partial charge in [0.2, 0.25) is 0 Å². The van der Waals surface area contributed by atoms with E-state index in [2.05, 4.69) is 10.6 Å². The van der Waals surface area contributed by atoms with Crippen LogP contribution in [0.5, 0.6) is 0 Å². The highest BCUT2D eigenvalue weighted by atomic mass is 16.4. The predicted molar refractivity (Wildman–Crippen MR) is 65.0 cm³/mol. The van der Waals surface area contributed by atoms with Crippen molar-refractivity contribution in [1.29, 1.82) is 0 Å². The minimum absolute atomic E-state index is 0.195. The number of carbonyl (C=O) groups is 2. The van der Waals surface area contributed by atoms with E-state index in [9.17, 15) is 9.59 Å². The highest BCUT2D eigenvalue weighted by Crippen LogP contribution is 2.05. The quantitative estimate of drug-likeness (QED) is 0.718. The summed E-state index contributed by atoms with van der Waals surface area (Å²) in [5, 5.41) is 14.0. The van der Waals surface area contributed by atoms with E-state index in [0.717, 1.165) is 5.56 Å². The van der Waals surface area contributed by atoms with E-state index in [4.69, 9.17) is 9.52 Å². The van der Waals surface area contributed by atoms with Gasteiger partial charge in [0.05, 0.1) is 12.5 Å². The second kappa shape index (κ2) is 6.68. The van der Waals surface area contributed by atoms with E-state index < -0.39 is 18.0 Å². The number of nitrogens with one attached hydrogen (secondary N) is 2. The molecule has 0 spiro atoms. The highest BCUT2D eigenvalue weighted by Gasteiger charge is 2.20. The van der Waals surface area contributed by atoms with Crippen LogP contribution < -0.4 is 10.6 Å². The molecule has 6 heteroatoms. The molecule has 0 saturated carbocycles. The normalized spacial score (nSPS) is 12.2. The number of carbonyl (C=O) groups excluding carboxylic acids is 1. The molecule has 0 radical (unpaired) electrons. The van der Waals surface area contributed by atoms with Crippen LogP contribution in [0.15, 0.2) is 23.0 Å². The Bertz CT molecular complexity index is 387. The first-order valence-corrected chi connectivity index (χ1v) is 5.77. The predicted octanol–water partition coefficient (Wildman–Crippen LogP) is 1.58. The Morgan fingerprint density at radius 3 is 2.67 bits per heavy atom. The first-order chi connectivity index (χ1) is 8.49. The van der Waals surface area contributed by atoms with Crippen LogP contribution in [0.1, 0.15) is 25.8 Å². The molecule has 1 aromatic heterocycles. The Labute approximate surface area is 105 Å².